The normalized spacial score (nSPS) is 12.0. The molecule has 4 aromatic rings. The average Bonchev–Trinajstić information content (AvgIpc) is 2.92. The van der Waals surface area contributed by atoms with Crippen molar-refractivity contribution in [2.45, 2.75) is 23.6 Å². The predicted molar refractivity (Wildman–Crippen MR) is 152 cm³/mol. The van der Waals surface area contributed by atoms with Crippen molar-refractivity contribution in [3.63, 3.8) is 0 Å². The van der Waals surface area contributed by atoms with Gasteiger partial charge in [0.1, 0.15) is 31.7 Å². The Labute approximate surface area is 298 Å². The number of aromatic hydroxyl groups is 2. The third kappa shape index (κ3) is 9.87. The number of rotatable bonds is 8. The second-order valence-electron chi connectivity index (χ2n) is 9.03. The predicted octanol–water partition coefficient (Wildman–Crippen LogP) is 0.532. The van der Waals surface area contributed by atoms with Crippen LogP contribution in [0.2, 0.25) is 0 Å². The van der Waals surface area contributed by atoms with Crippen molar-refractivity contribution in [2.75, 3.05) is 0 Å². The number of phenolic OH excluding ortho intramolecular Hbond substituents is 2. The Hall–Kier alpha value is -2.76. The Bertz CT molecular complexity index is 1860. The molecule has 216 valence electrons. The smallest absolute Gasteiger partial charge is 0.744 e. The maximum atomic E-state index is 12.0. The topological polar surface area (TPSA) is 204 Å². The minimum absolute atomic E-state index is 0. The van der Waals surface area contributed by atoms with E-state index in [1.807, 2.05) is 0 Å². The van der Waals surface area contributed by atoms with E-state index < -0.39 is 30.0 Å². The van der Waals surface area contributed by atoms with Gasteiger partial charge in [-0.05, 0) is 96.8 Å². The van der Waals surface area contributed by atoms with Gasteiger partial charge < -0.3 is 19.3 Å². The van der Waals surface area contributed by atoms with Crippen molar-refractivity contribution in [1.29, 1.82) is 0 Å². The number of hydrogen-bond acceptors (Lipinski definition) is 12. The number of phenols is 2. The molecular formula is C28H22N4Na2O8S2. The van der Waals surface area contributed by atoms with E-state index in [2.05, 4.69) is 20.5 Å². The molecule has 0 atom stereocenters. The Kier molecular flexibility index (Phi) is 13.2. The van der Waals surface area contributed by atoms with Gasteiger partial charge >= 0.3 is 59.1 Å². The SMILES string of the molecule is Cc1cc(N=Nc2ccc(/C=C/c3ccc(N=Nc4ccc(O)c(C)c4)cc3S(=O)(=O)[O-])c(S(=O)(=O)[O-])c2)ccc1O.[Na+].[Na+]. The fourth-order valence-electron chi connectivity index (χ4n) is 3.69. The van der Waals surface area contributed by atoms with Gasteiger partial charge in [0.2, 0.25) is 0 Å². The van der Waals surface area contributed by atoms with Crippen LogP contribution in [-0.2, 0) is 20.2 Å². The summed E-state index contributed by atoms with van der Waals surface area (Å²) >= 11 is 0. The largest absolute Gasteiger partial charge is 1.00 e. The summed E-state index contributed by atoms with van der Waals surface area (Å²) in [5, 5.41) is 35.1. The van der Waals surface area contributed by atoms with Crippen LogP contribution in [0.15, 0.2) is 103 Å². The minimum Gasteiger partial charge on any atom is -0.744 e. The molecule has 0 heterocycles. The van der Waals surface area contributed by atoms with E-state index in [1.165, 1.54) is 60.7 Å². The van der Waals surface area contributed by atoms with Crippen molar-refractivity contribution < 1.29 is 95.3 Å². The van der Waals surface area contributed by atoms with E-state index in [0.717, 1.165) is 12.1 Å². The number of hydrogen-bond donors (Lipinski definition) is 2. The first-order valence-corrected chi connectivity index (χ1v) is 14.8. The number of benzene rings is 4. The minimum atomic E-state index is -5.00. The van der Waals surface area contributed by atoms with E-state index >= 15 is 0 Å². The van der Waals surface area contributed by atoms with Gasteiger partial charge in [-0.1, -0.05) is 24.3 Å². The van der Waals surface area contributed by atoms with Crippen LogP contribution in [0.3, 0.4) is 0 Å². The first-order valence-electron chi connectivity index (χ1n) is 12.0. The maximum Gasteiger partial charge on any atom is 1.00 e. The summed E-state index contributed by atoms with van der Waals surface area (Å²) < 4.78 is 72.0. The number of nitrogens with zero attached hydrogens (tertiary/aromatic N) is 4. The molecule has 2 N–H and O–H groups in total. The molecule has 0 aliphatic rings. The summed E-state index contributed by atoms with van der Waals surface area (Å²) in [5.74, 6) is 0.141. The molecule has 0 spiro atoms. The second kappa shape index (κ2) is 15.5. The third-order valence-corrected chi connectivity index (χ3v) is 7.68. The first-order chi connectivity index (χ1) is 19.7. The van der Waals surface area contributed by atoms with Crippen LogP contribution in [0.25, 0.3) is 12.2 Å². The molecule has 0 fully saturated rings. The van der Waals surface area contributed by atoms with Crippen LogP contribution in [0.4, 0.5) is 22.7 Å². The van der Waals surface area contributed by atoms with Crippen LogP contribution in [0.1, 0.15) is 22.3 Å². The van der Waals surface area contributed by atoms with Crippen LogP contribution in [0.5, 0.6) is 11.5 Å². The summed E-state index contributed by atoms with van der Waals surface area (Å²) in [6, 6.07) is 16.3. The van der Waals surface area contributed by atoms with E-state index in [9.17, 15) is 36.2 Å². The van der Waals surface area contributed by atoms with E-state index in [1.54, 1.807) is 26.0 Å². The zero-order valence-corrected chi connectivity index (χ0v) is 29.7. The van der Waals surface area contributed by atoms with Crippen LogP contribution in [-0.4, -0.2) is 36.2 Å². The third-order valence-electron chi connectivity index (χ3n) is 5.90. The van der Waals surface area contributed by atoms with Crippen molar-refractivity contribution in [3.05, 3.63) is 95.1 Å². The molecule has 0 radical (unpaired) electrons. The molecule has 4 aromatic carbocycles. The molecule has 0 amide bonds. The van der Waals surface area contributed by atoms with Gasteiger partial charge in [0, 0.05) is 0 Å². The average molecular weight is 653 g/mol. The summed E-state index contributed by atoms with van der Waals surface area (Å²) in [6.07, 6.45) is 2.36. The Morgan fingerprint density at radius 3 is 1.14 bits per heavy atom. The van der Waals surface area contributed by atoms with Crippen LogP contribution in [0, 0.1) is 13.8 Å². The first kappa shape index (κ1) is 37.4. The van der Waals surface area contributed by atoms with E-state index in [4.69, 9.17) is 0 Å². The number of azo groups is 2. The van der Waals surface area contributed by atoms with Gasteiger partial charge in [0.05, 0.1) is 32.5 Å². The Morgan fingerprint density at radius 1 is 0.545 bits per heavy atom. The van der Waals surface area contributed by atoms with Crippen molar-refractivity contribution in [2.24, 2.45) is 20.5 Å². The molecule has 0 aliphatic carbocycles. The van der Waals surface area contributed by atoms with Gasteiger partial charge in [-0.25, -0.2) is 16.8 Å². The molecular weight excluding hydrogens is 630 g/mol. The molecule has 0 aromatic heterocycles. The monoisotopic (exact) mass is 652 g/mol. The maximum absolute atomic E-state index is 12.0. The molecule has 0 unspecified atom stereocenters. The quantitative estimate of drug-likeness (QED) is 0.119. The Balaban J connectivity index is 0.00000337. The molecule has 44 heavy (non-hydrogen) atoms. The second-order valence-corrected chi connectivity index (χ2v) is 11.7. The van der Waals surface area contributed by atoms with Crippen molar-refractivity contribution in [3.8, 4) is 11.5 Å². The van der Waals surface area contributed by atoms with Crippen molar-refractivity contribution in [1.82, 2.24) is 0 Å². The molecule has 0 saturated heterocycles. The van der Waals surface area contributed by atoms with Crippen LogP contribution >= 0.6 is 0 Å². The van der Waals surface area contributed by atoms with Gasteiger partial charge in [-0.2, -0.15) is 20.5 Å². The standard InChI is InChI=1S/C28H24N4O8S2.2Na/c1-17-13-21(9-11-25(17)33)29-31-23-7-5-19(27(15-23)41(35,36)37)3-4-20-6-8-24(16-28(20)42(38,39)40)32-30-22-10-12-26(34)18(2)14-22;;/h3-16,33-34H,1-2H3,(H,35,36,37)(H,38,39,40);;/q;2*+1/p-2/b4-3+,31-29?,32-30?;;. The summed E-state index contributed by atoms with van der Waals surface area (Å²) in [6.45, 7) is 3.33. The van der Waals surface area contributed by atoms with Gasteiger partial charge in [0.15, 0.2) is 0 Å². The summed E-state index contributed by atoms with van der Waals surface area (Å²) in [7, 11) is -10.00. The molecule has 16 heteroatoms. The zero-order chi connectivity index (χ0) is 30.7. The Morgan fingerprint density at radius 2 is 0.841 bits per heavy atom. The van der Waals surface area contributed by atoms with Gasteiger partial charge in [-0.3, -0.25) is 0 Å². The fraction of sp³-hybridized carbons (Fsp3) is 0.0714. The summed E-state index contributed by atoms with van der Waals surface area (Å²) in [5.41, 5.74) is 1.81. The summed E-state index contributed by atoms with van der Waals surface area (Å²) in [4.78, 5) is -1.28. The van der Waals surface area contributed by atoms with Gasteiger partial charge in [-0.15, -0.1) is 0 Å². The number of aryl methyl sites for hydroxylation is 2. The molecule has 0 saturated carbocycles. The van der Waals surface area contributed by atoms with Crippen LogP contribution < -0.4 is 59.1 Å². The van der Waals surface area contributed by atoms with E-state index in [-0.39, 0.29) is 93.1 Å². The van der Waals surface area contributed by atoms with E-state index in [0.29, 0.717) is 22.5 Å². The fourth-order valence-corrected chi connectivity index (χ4v) is 5.07. The van der Waals surface area contributed by atoms with Gasteiger partial charge in [0.25, 0.3) is 0 Å². The molecule has 4 rings (SSSR count). The molecule has 0 aliphatic heterocycles. The van der Waals surface area contributed by atoms with Crippen molar-refractivity contribution >= 4 is 55.1 Å². The molecule has 12 nitrogen and oxygen atoms in total. The zero-order valence-electron chi connectivity index (χ0n) is 24.0. The molecule has 0 bridgehead atoms.